The summed E-state index contributed by atoms with van der Waals surface area (Å²) in [6, 6.07) is 0. The molecule has 0 aliphatic rings. The number of nitrogens with two attached hydrogens (primary N) is 1. The number of hydrogen-bond donors (Lipinski definition) is 2. The molecule has 0 aromatic carbocycles. The summed E-state index contributed by atoms with van der Waals surface area (Å²) in [7, 11) is -4.40. The van der Waals surface area contributed by atoms with Gasteiger partial charge in [-0.1, -0.05) is 445 Å². The van der Waals surface area contributed by atoms with Gasteiger partial charge in [0.2, 0.25) is 0 Å². The third-order valence-corrected chi connectivity index (χ3v) is 20.5. The molecule has 9 nitrogen and oxygen atoms in total. The molecule has 10 heteroatoms. The number of hydrogen-bond acceptors (Lipinski definition) is 8. The van der Waals surface area contributed by atoms with Gasteiger partial charge in [0.05, 0.1) is 13.2 Å². The maximum Gasteiger partial charge on any atom is 0.472 e. The van der Waals surface area contributed by atoms with Gasteiger partial charge in [-0.05, 0) is 77.0 Å². The molecular weight excluding hydrogens is 1270 g/mol. The van der Waals surface area contributed by atoms with E-state index in [4.69, 9.17) is 24.3 Å². The molecule has 3 N–H and O–H groups in total. The molecule has 0 saturated heterocycles. The molecule has 0 aliphatic heterocycles. The van der Waals surface area contributed by atoms with Crippen LogP contribution in [0.25, 0.3) is 0 Å². The van der Waals surface area contributed by atoms with Gasteiger partial charge >= 0.3 is 19.8 Å². The zero-order valence-corrected chi connectivity index (χ0v) is 67.5. The van der Waals surface area contributed by atoms with Crippen LogP contribution >= 0.6 is 7.82 Å². The Morgan fingerprint density at radius 3 is 0.812 bits per heavy atom. The summed E-state index contributed by atoms with van der Waals surface area (Å²) in [6.45, 7) is 3.70. The van der Waals surface area contributed by atoms with Crippen LogP contribution in [0.2, 0.25) is 0 Å². The van der Waals surface area contributed by atoms with Crippen LogP contribution in [0.1, 0.15) is 438 Å². The smallest absolute Gasteiger partial charge is 0.462 e. The molecule has 0 fully saturated rings. The average Bonchev–Trinajstić information content (AvgIpc) is 1.04. The van der Waals surface area contributed by atoms with Crippen LogP contribution in [0, 0.1) is 0 Å². The van der Waals surface area contributed by atoms with Gasteiger partial charge in [0.25, 0.3) is 0 Å². The van der Waals surface area contributed by atoms with Crippen LogP contribution in [0.4, 0.5) is 0 Å². The molecule has 588 valence electrons. The first kappa shape index (κ1) is 97.9. The molecule has 0 spiro atoms. The summed E-state index contributed by atoms with van der Waals surface area (Å²) < 4.78 is 33.3. The highest BCUT2D eigenvalue weighted by Crippen LogP contribution is 2.43. The van der Waals surface area contributed by atoms with Crippen molar-refractivity contribution in [2.75, 3.05) is 26.4 Å². The normalized spacial score (nSPS) is 13.3. The van der Waals surface area contributed by atoms with Crippen molar-refractivity contribution < 1.29 is 37.6 Å². The van der Waals surface area contributed by atoms with Crippen LogP contribution in [-0.2, 0) is 32.7 Å². The summed E-state index contributed by atoms with van der Waals surface area (Å²) in [5.41, 5.74) is 5.42. The second-order valence-electron chi connectivity index (χ2n) is 29.4. The molecule has 0 saturated carbocycles. The average molecular weight is 1430 g/mol. The highest BCUT2D eigenvalue weighted by atomic mass is 31.2. The van der Waals surface area contributed by atoms with Crippen molar-refractivity contribution in [2.45, 2.75) is 444 Å². The van der Waals surface area contributed by atoms with Crippen molar-refractivity contribution in [3.8, 4) is 0 Å². The number of unbranched alkanes of at least 4 members (excludes halogenated alkanes) is 54. The van der Waals surface area contributed by atoms with Crippen LogP contribution in [0.5, 0.6) is 0 Å². The topological polar surface area (TPSA) is 134 Å². The molecule has 0 aromatic rings. The fraction of sp³-hybridized carbons (Fsp3) is 0.802. The first-order chi connectivity index (χ1) is 49.8. The number of esters is 2. The van der Waals surface area contributed by atoms with Crippen LogP contribution < -0.4 is 5.73 Å². The molecule has 0 radical (unpaired) electrons. The quantitative estimate of drug-likeness (QED) is 0.0264. The van der Waals surface area contributed by atoms with Crippen molar-refractivity contribution in [3.63, 3.8) is 0 Å². The Morgan fingerprint density at radius 1 is 0.307 bits per heavy atom. The lowest BCUT2D eigenvalue weighted by molar-refractivity contribution is -0.161. The second-order valence-corrected chi connectivity index (χ2v) is 30.8. The predicted octanol–water partition coefficient (Wildman–Crippen LogP) is 29.8. The number of phosphoric acid groups is 1. The van der Waals surface area contributed by atoms with Crippen molar-refractivity contribution in [2.24, 2.45) is 5.73 Å². The van der Waals surface area contributed by atoms with Crippen LogP contribution in [0.15, 0.2) is 97.2 Å². The summed E-state index contributed by atoms with van der Waals surface area (Å²) in [5.74, 6) is -0.808. The van der Waals surface area contributed by atoms with E-state index < -0.39 is 26.5 Å². The fourth-order valence-corrected chi connectivity index (χ4v) is 13.8. The summed E-state index contributed by atoms with van der Waals surface area (Å²) >= 11 is 0. The Morgan fingerprint density at radius 2 is 0.545 bits per heavy atom. The molecule has 2 atom stereocenters. The third-order valence-electron chi connectivity index (χ3n) is 19.5. The number of carbonyl (C=O) groups excluding carboxylic acids is 2. The van der Waals surface area contributed by atoms with E-state index in [-0.39, 0.29) is 38.6 Å². The Balaban J connectivity index is 3.76. The van der Waals surface area contributed by atoms with E-state index >= 15 is 0 Å². The first-order valence-electron chi connectivity index (χ1n) is 43.7. The standard InChI is InChI=1S/C91H166NO8P/c1-3-5-7-9-11-13-15-17-19-21-23-25-27-29-31-33-35-37-39-41-43-44-46-48-50-52-54-56-58-60-62-64-66-68-70-72-74-76-78-80-82-84-91(94)100-89(88-99-101(95,96)98-86-85-92)87-97-90(93)83-81-79-77-75-73-71-69-67-65-63-61-59-57-55-53-51-49-47-45-42-40-38-36-34-32-30-28-26-24-22-20-18-16-14-12-10-8-6-4-2/h5,7,11,13,17,19,23,25,29,31,35,37,41,43,46,48,89H,3-4,6,8-10,12,14-16,18,20-22,24,26-28,30,32-34,36,38-40,42,44-45,47,49-88,92H2,1-2H3,(H,95,96)/b7-5-,13-11-,19-17-,25-23-,31-29-,37-35-,43-41-,48-46-. The maximum absolute atomic E-state index is 12.8. The first-order valence-corrected chi connectivity index (χ1v) is 45.2. The Hall–Kier alpha value is -3.07. The lowest BCUT2D eigenvalue weighted by Crippen LogP contribution is -2.29. The Bertz CT molecular complexity index is 1990. The SMILES string of the molecule is CC/C=C\C/C=C\C/C=C\C/C=C\C/C=C\C/C=C\C/C=C\C/C=C\CCCCCCCCCCCCCCCCCCC(=O)OC(COC(=O)CCCCCCCCCCCCCCCCCCCCCCCCCCCCCCCCCCCCCCCCC)COP(=O)(O)OCCN. The van der Waals surface area contributed by atoms with E-state index in [1.54, 1.807) is 0 Å². The molecule has 0 aliphatic carbocycles. The third kappa shape index (κ3) is 85.7. The lowest BCUT2D eigenvalue weighted by atomic mass is 10.0. The molecular formula is C91H166NO8P. The van der Waals surface area contributed by atoms with E-state index in [0.717, 1.165) is 89.9 Å². The summed E-state index contributed by atoms with van der Waals surface area (Å²) in [6.07, 6.45) is 119. The zero-order valence-electron chi connectivity index (χ0n) is 66.6. The zero-order chi connectivity index (χ0) is 72.9. The van der Waals surface area contributed by atoms with E-state index in [9.17, 15) is 19.0 Å². The van der Waals surface area contributed by atoms with E-state index in [0.29, 0.717) is 6.42 Å². The van der Waals surface area contributed by atoms with E-state index in [1.165, 1.54) is 315 Å². The number of ether oxygens (including phenoxy) is 2. The molecule has 0 bridgehead atoms. The minimum atomic E-state index is -4.40. The number of carbonyl (C=O) groups is 2. The van der Waals surface area contributed by atoms with Crippen molar-refractivity contribution in [1.82, 2.24) is 0 Å². The Kier molecular flexibility index (Phi) is 83.2. The molecule has 0 heterocycles. The predicted molar refractivity (Wildman–Crippen MR) is 441 cm³/mol. The van der Waals surface area contributed by atoms with Gasteiger partial charge in [0, 0.05) is 19.4 Å². The van der Waals surface area contributed by atoms with Gasteiger partial charge < -0.3 is 20.1 Å². The van der Waals surface area contributed by atoms with Gasteiger partial charge in [-0.3, -0.25) is 18.6 Å². The molecule has 0 rings (SSSR count). The van der Waals surface area contributed by atoms with Crippen LogP contribution in [-0.4, -0.2) is 49.3 Å². The minimum absolute atomic E-state index is 0.0533. The molecule has 101 heavy (non-hydrogen) atoms. The monoisotopic (exact) mass is 1430 g/mol. The highest BCUT2D eigenvalue weighted by Gasteiger charge is 2.26. The van der Waals surface area contributed by atoms with Crippen LogP contribution in [0.3, 0.4) is 0 Å². The van der Waals surface area contributed by atoms with Crippen molar-refractivity contribution in [3.05, 3.63) is 97.2 Å². The minimum Gasteiger partial charge on any atom is -0.462 e. The highest BCUT2D eigenvalue weighted by molar-refractivity contribution is 7.47. The maximum atomic E-state index is 12.8. The van der Waals surface area contributed by atoms with E-state index in [1.807, 2.05) is 0 Å². The van der Waals surface area contributed by atoms with Gasteiger partial charge in [-0.15, -0.1) is 0 Å². The van der Waals surface area contributed by atoms with Gasteiger partial charge in [0.1, 0.15) is 6.61 Å². The van der Waals surface area contributed by atoms with Gasteiger partial charge in [-0.25, -0.2) is 4.57 Å². The molecule has 0 aromatic heterocycles. The molecule has 0 amide bonds. The number of allylic oxidation sites excluding steroid dienone is 16. The van der Waals surface area contributed by atoms with E-state index in [2.05, 4.69) is 111 Å². The fourth-order valence-electron chi connectivity index (χ4n) is 13.1. The Labute approximate surface area is 627 Å². The van der Waals surface area contributed by atoms with Gasteiger partial charge in [-0.2, -0.15) is 0 Å². The van der Waals surface area contributed by atoms with Gasteiger partial charge in [0.15, 0.2) is 6.10 Å². The number of rotatable bonds is 83. The van der Waals surface area contributed by atoms with Crippen molar-refractivity contribution >= 4 is 19.8 Å². The lowest BCUT2D eigenvalue weighted by Gasteiger charge is -2.19. The largest absolute Gasteiger partial charge is 0.472 e. The van der Waals surface area contributed by atoms with Crippen molar-refractivity contribution in [1.29, 1.82) is 0 Å². The summed E-state index contributed by atoms with van der Waals surface area (Å²) in [4.78, 5) is 35.5. The number of phosphoric ester groups is 1. The molecule has 2 unspecified atom stereocenters. The second kappa shape index (κ2) is 85.9. The summed E-state index contributed by atoms with van der Waals surface area (Å²) in [5, 5.41) is 0.